The maximum Gasteiger partial charge on any atom is 0.168 e. The maximum absolute atomic E-state index is 11.2. The minimum atomic E-state index is 0. The molecule has 2 nitrogen and oxygen atoms in total. The van der Waals surface area contributed by atoms with Crippen molar-refractivity contribution >= 4 is 24.3 Å². The Morgan fingerprint density at radius 2 is 2.25 bits per heavy atom. The second kappa shape index (κ2) is 3.50. The molecule has 0 aromatic carbocycles. The van der Waals surface area contributed by atoms with Crippen molar-refractivity contribution in [3.63, 3.8) is 0 Å². The molecule has 3 heteroatoms. The molecule has 0 saturated heterocycles. The van der Waals surface area contributed by atoms with Crippen LogP contribution in [0.4, 0.5) is 0 Å². The van der Waals surface area contributed by atoms with E-state index in [9.17, 15) is 4.79 Å². The van der Waals surface area contributed by atoms with Crippen LogP contribution in [0.1, 0.15) is 22.5 Å². The predicted molar refractivity (Wildman–Crippen MR) is 49.5 cm³/mol. The number of ketones is 1. The number of carbonyl (C=O) groups is 1. The van der Waals surface area contributed by atoms with Crippen LogP contribution in [0.5, 0.6) is 0 Å². The molecule has 0 aliphatic heterocycles. The van der Waals surface area contributed by atoms with Gasteiger partial charge in [0.2, 0.25) is 0 Å². The van der Waals surface area contributed by atoms with Crippen LogP contribution in [0, 0.1) is 0 Å². The number of hydrogen-bond donors (Lipinski definition) is 0. The van der Waals surface area contributed by atoms with Crippen LogP contribution in [0.3, 0.4) is 0 Å². The molecule has 0 N–H and O–H groups in total. The third-order valence-electron chi connectivity index (χ3n) is 1.72. The topological polar surface area (TPSA) is 30.0 Å². The molecule has 62 valence electrons. The molecule has 1 aromatic rings. The van der Waals surface area contributed by atoms with Gasteiger partial charge < -0.3 is 0 Å². The second-order valence-corrected chi connectivity index (χ2v) is 2.47. The number of carbonyl (C=O) groups excluding carboxylic acids is 1. The summed E-state index contributed by atoms with van der Waals surface area (Å²) in [5.74, 6) is 0.163. The van der Waals surface area contributed by atoms with E-state index in [1.54, 1.807) is 12.3 Å². The van der Waals surface area contributed by atoms with Gasteiger partial charge in [-0.05, 0) is 18.2 Å². The van der Waals surface area contributed by atoms with Crippen molar-refractivity contribution in [2.75, 3.05) is 0 Å². The van der Waals surface area contributed by atoms with Crippen molar-refractivity contribution in [2.24, 2.45) is 0 Å². The summed E-state index contributed by atoms with van der Waals surface area (Å²) in [6, 6.07) is 3.60. The van der Waals surface area contributed by atoms with Crippen molar-refractivity contribution in [3.8, 4) is 0 Å². The second-order valence-electron chi connectivity index (χ2n) is 2.47. The number of rotatable bonds is 0. The third kappa shape index (κ3) is 1.38. The lowest BCUT2D eigenvalue weighted by Gasteiger charge is -2.05. The Hall–Kier alpha value is -1.15. The largest absolute Gasteiger partial charge is 0.294 e. The lowest BCUT2D eigenvalue weighted by molar-refractivity contribution is 0.0994. The van der Waals surface area contributed by atoms with Crippen molar-refractivity contribution < 1.29 is 4.79 Å². The molecule has 0 spiro atoms. The Balaban J connectivity index is 0.000000720. The van der Waals surface area contributed by atoms with E-state index >= 15 is 0 Å². The van der Waals surface area contributed by atoms with Crippen LogP contribution in [-0.2, 0) is 0 Å². The fourth-order valence-electron chi connectivity index (χ4n) is 1.17. The van der Waals surface area contributed by atoms with Gasteiger partial charge in [0.25, 0.3) is 0 Å². The van der Waals surface area contributed by atoms with Gasteiger partial charge in [-0.25, -0.2) is 0 Å². The molecule has 0 radical (unpaired) electrons. The minimum Gasteiger partial charge on any atom is -0.294 e. The number of pyridine rings is 1. The molecule has 0 fully saturated rings. The SMILES string of the molecule is Cl.O=C1CC=Cc2ncccc21. The van der Waals surface area contributed by atoms with Crippen LogP contribution in [-0.4, -0.2) is 10.8 Å². The molecule has 1 aliphatic rings. The van der Waals surface area contributed by atoms with E-state index in [1.807, 2.05) is 18.2 Å². The quantitative estimate of drug-likeness (QED) is 0.614. The van der Waals surface area contributed by atoms with Crippen LogP contribution in [0.2, 0.25) is 0 Å². The van der Waals surface area contributed by atoms with E-state index in [2.05, 4.69) is 4.98 Å². The number of halogens is 1. The van der Waals surface area contributed by atoms with Crippen molar-refractivity contribution in [1.82, 2.24) is 4.98 Å². The summed E-state index contributed by atoms with van der Waals surface area (Å²) >= 11 is 0. The highest BCUT2D eigenvalue weighted by atomic mass is 35.5. The van der Waals surface area contributed by atoms with E-state index in [0.717, 1.165) is 11.3 Å². The number of aromatic nitrogens is 1. The molecule has 1 heterocycles. The molecule has 0 unspecified atom stereocenters. The van der Waals surface area contributed by atoms with Gasteiger partial charge in [-0.1, -0.05) is 6.08 Å². The smallest absolute Gasteiger partial charge is 0.168 e. The fourth-order valence-corrected chi connectivity index (χ4v) is 1.17. The third-order valence-corrected chi connectivity index (χ3v) is 1.72. The lowest BCUT2D eigenvalue weighted by Crippen LogP contribution is -2.04. The molecule has 2 rings (SSSR count). The number of Topliss-reactive ketones (excluding diaryl/α,β-unsaturated/α-hetero) is 1. The van der Waals surface area contributed by atoms with Gasteiger partial charge in [-0.2, -0.15) is 0 Å². The van der Waals surface area contributed by atoms with Crippen molar-refractivity contribution in [2.45, 2.75) is 6.42 Å². The van der Waals surface area contributed by atoms with E-state index in [0.29, 0.717) is 6.42 Å². The number of hydrogen-bond acceptors (Lipinski definition) is 2. The van der Waals surface area contributed by atoms with E-state index in [4.69, 9.17) is 0 Å². The van der Waals surface area contributed by atoms with Gasteiger partial charge >= 0.3 is 0 Å². The normalized spacial score (nSPS) is 13.5. The molecule has 1 aromatic heterocycles. The Bertz CT molecular complexity index is 333. The summed E-state index contributed by atoms with van der Waals surface area (Å²) in [6.07, 6.45) is 5.94. The first-order valence-electron chi connectivity index (χ1n) is 3.53. The Morgan fingerprint density at radius 3 is 3.00 bits per heavy atom. The molecule has 0 amide bonds. The van der Waals surface area contributed by atoms with E-state index < -0.39 is 0 Å². The first-order chi connectivity index (χ1) is 5.38. The van der Waals surface area contributed by atoms with Crippen LogP contribution < -0.4 is 0 Å². The van der Waals surface area contributed by atoms with Gasteiger partial charge in [0, 0.05) is 18.2 Å². The average molecular weight is 182 g/mol. The number of fused-ring (bicyclic) bond motifs is 1. The summed E-state index contributed by atoms with van der Waals surface area (Å²) < 4.78 is 0. The van der Waals surface area contributed by atoms with Gasteiger partial charge in [-0.15, -0.1) is 12.4 Å². The number of nitrogens with zero attached hydrogens (tertiary/aromatic N) is 1. The standard InChI is InChI=1S/C9H7NO.ClH/c11-9-5-1-4-8-7(9)3-2-6-10-8;/h1-4,6H,5H2;1H. The average Bonchev–Trinajstić information content (AvgIpc) is 2.06. The zero-order chi connectivity index (χ0) is 7.68. The van der Waals surface area contributed by atoms with Crippen molar-refractivity contribution in [3.05, 3.63) is 35.7 Å². The summed E-state index contributed by atoms with van der Waals surface area (Å²) in [5.41, 5.74) is 1.54. The van der Waals surface area contributed by atoms with Gasteiger partial charge in [0.05, 0.1) is 5.69 Å². The Kier molecular flexibility index (Phi) is 2.61. The van der Waals surface area contributed by atoms with Crippen LogP contribution >= 0.6 is 12.4 Å². The summed E-state index contributed by atoms with van der Waals surface area (Å²) in [6.45, 7) is 0. The van der Waals surface area contributed by atoms with Crippen molar-refractivity contribution in [1.29, 1.82) is 0 Å². The fraction of sp³-hybridized carbons (Fsp3) is 0.111. The highest BCUT2D eigenvalue weighted by Gasteiger charge is 2.11. The predicted octanol–water partition coefficient (Wildman–Crippen LogP) is 2.10. The van der Waals surface area contributed by atoms with Crippen LogP contribution in [0.15, 0.2) is 24.4 Å². The first kappa shape index (κ1) is 8.94. The van der Waals surface area contributed by atoms with Crippen LogP contribution in [0.25, 0.3) is 6.08 Å². The molecule has 0 bridgehead atoms. The highest BCUT2D eigenvalue weighted by Crippen LogP contribution is 2.15. The van der Waals surface area contributed by atoms with Gasteiger partial charge in [-0.3, -0.25) is 9.78 Å². The molecule has 1 aliphatic carbocycles. The monoisotopic (exact) mass is 181 g/mol. The Morgan fingerprint density at radius 1 is 1.42 bits per heavy atom. The zero-order valence-corrected chi connectivity index (χ0v) is 7.17. The maximum atomic E-state index is 11.2. The zero-order valence-electron chi connectivity index (χ0n) is 6.36. The molecule has 12 heavy (non-hydrogen) atoms. The van der Waals surface area contributed by atoms with Gasteiger partial charge in [0.15, 0.2) is 5.78 Å². The van der Waals surface area contributed by atoms with Gasteiger partial charge in [0.1, 0.15) is 0 Å². The van der Waals surface area contributed by atoms with E-state index in [1.165, 1.54) is 0 Å². The Labute approximate surface area is 76.7 Å². The lowest BCUT2D eigenvalue weighted by atomic mass is 10.0. The minimum absolute atomic E-state index is 0. The summed E-state index contributed by atoms with van der Waals surface area (Å²) in [4.78, 5) is 15.3. The molecule has 0 saturated carbocycles. The number of allylic oxidation sites excluding steroid dienone is 1. The first-order valence-corrected chi connectivity index (χ1v) is 3.53. The highest BCUT2D eigenvalue weighted by molar-refractivity contribution is 6.01. The van der Waals surface area contributed by atoms with E-state index in [-0.39, 0.29) is 18.2 Å². The summed E-state index contributed by atoms with van der Waals surface area (Å²) in [5, 5.41) is 0. The molecular formula is C9H8ClNO. The molecule has 0 atom stereocenters. The summed E-state index contributed by atoms with van der Waals surface area (Å²) in [7, 11) is 0. The molecular weight excluding hydrogens is 174 g/mol.